The molecule has 3 heteroatoms. The summed E-state index contributed by atoms with van der Waals surface area (Å²) in [6.07, 6.45) is 1.79. The average molecular weight is 208 g/mol. The lowest BCUT2D eigenvalue weighted by Crippen LogP contribution is -2.44. The molecule has 3 nitrogen and oxygen atoms in total. The standard InChI is InChI=1S/C12H20N2O/c1-9-6-5-7-13-11(9)8-14-10(2)12(3,4)15/h5-7,10,14-15H,8H2,1-4H3. The van der Waals surface area contributed by atoms with Gasteiger partial charge in [-0.1, -0.05) is 6.07 Å². The monoisotopic (exact) mass is 208 g/mol. The van der Waals surface area contributed by atoms with Crippen LogP contribution in [0.2, 0.25) is 0 Å². The van der Waals surface area contributed by atoms with Crippen LogP contribution in [0.4, 0.5) is 0 Å². The highest BCUT2D eigenvalue weighted by Gasteiger charge is 2.21. The van der Waals surface area contributed by atoms with Crippen LogP contribution < -0.4 is 5.32 Å². The fraction of sp³-hybridized carbons (Fsp3) is 0.583. The molecule has 15 heavy (non-hydrogen) atoms. The number of rotatable bonds is 4. The van der Waals surface area contributed by atoms with Crippen LogP contribution >= 0.6 is 0 Å². The number of hydrogen-bond donors (Lipinski definition) is 2. The summed E-state index contributed by atoms with van der Waals surface area (Å²) in [7, 11) is 0. The molecule has 0 saturated carbocycles. The molecule has 1 heterocycles. The predicted molar refractivity (Wildman–Crippen MR) is 61.6 cm³/mol. The summed E-state index contributed by atoms with van der Waals surface area (Å²) in [5.41, 5.74) is 1.50. The Balaban J connectivity index is 2.55. The largest absolute Gasteiger partial charge is 0.389 e. The van der Waals surface area contributed by atoms with Crippen molar-refractivity contribution in [1.29, 1.82) is 0 Å². The minimum atomic E-state index is -0.706. The molecule has 1 atom stereocenters. The van der Waals surface area contributed by atoms with E-state index in [2.05, 4.69) is 10.3 Å². The van der Waals surface area contributed by atoms with E-state index in [0.717, 1.165) is 5.69 Å². The van der Waals surface area contributed by atoms with Gasteiger partial charge in [0.2, 0.25) is 0 Å². The van der Waals surface area contributed by atoms with Crippen molar-refractivity contribution in [3.8, 4) is 0 Å². The highest BCUT2D eigenvalue weighted by atomic mass is 16.3. The fourth-order valence-corrected chi connectivity index (χ4v) is 1.20. The lowest BCUT2D eigenvalue weighted by Gasteiger charge is -2.26. The van der Waals surface area contributed by atoms with E-state index in [1.54, 1.807) is 20.0 Å². The van der Waals surface area contributed by atoms with Crippen molar-refractivity contribution in [3.63, 3.8) is 0 Å². The third kappa shape index (κ3) is 3.61. The van der Waals surface area contributed by atoms with E-state index in [0.29, 0.717) is 6.54 Å². The number of hydrogen-bond acceptors (Lipinski definition) is 3. The Morgan fingerprint density at radius 3 is 2.73 bits per heavy atom. The van der Waals surface area contributed by atoms with Gasteiger partial charge in [0, 0.05) is 18.8 Å². The van der Waals surface area contributed by atoms with Crippen molar-refractivity contribution < 1.29 is 5.11 Å². The first-order valence-corrected chi connectivity index (χ1v) is 5.27. The Labute approximate surface area is 91.5 Å². The summed E-state index contributed by atoms with van der Waals surface area (Å²) >= 11 is 0. The first kappa shape index (κ1) is 12.1. The minimum Gasteiger partial charge on any atom is -0.389 e. The quantitative estimate of drug-likeness (QED) is 0.790. The molecular formula is C12H20N2O. The van der Waals surface area contributed by atoms with Gasteiger partial charge in [0.15, 0.2) is 0 Å². The lowest BCUT2D eigenvalue weighted by atomic mass is 10.0. The maximum absolute atomic E-state index is 9.75. The highest BCUT2D eigenvalue weighted by Crippen LogP contribution is 2.09. The second-order valence-corrected chi connectivity index (χ2v) is 4.52. The van der Waals surface area contributed by atoms with E-state index >= 15 is 0 Å². The SMILES string of the molecule is Cc1cccnc1CNC(C)C(C)(C)O. The Bertz CT molecular complexity index is 318. The van der Waals surface area contributed by atoms with Crippen molar-refractivity contribution in [1.82, 2.24) is 10.3 Å². The maximum atomic E-state index is 9.75. The van der Waals surface area contributed by atoms with Gasteiger partial charge in [-0.05, 0) is 39.3 Å². The molecule has 1 unspecified atom stereocenters. The van der Waals surface area contributed by atoms with Gasteiger partial charge in [-0.2, -0.15) is 0 Å². The van der Waals surface area contributed by atoms with E-state index in [1.807, 2.05) is 26.0 Å². The van der Waals surface area contributed by atoms with Crippen molar-refractivity contribution in [3.05, 3.63) is 29.6 Å². The molecule has 0 spiro atoms. The number of aliphatic hydroxyl groups is 1. The number of aromatic nitrogens is 1. The lowest BCUT2D eigenvalue weighted by molar-refractivity contribution is 0.0436. The molecule has 0 amide bonds. The fourth-order valence-electron chi connectivity index (χ4n) is 1.20. The summed E-state index contributed by atoms with van der Waals surface area (Å²) in [5.74, 6) is 0. The molecule has 0 bridgehead atoms. The zero-order valence-corrected chi connectivity index (χ0v) is 9.91. The Kier molecular flexibility index (Phi) is 3.83. The first-order valence-electron chi connectivity index (χ1n) is 5.27. The van der Waals surface area contributed by atoms with Gasteiger partial charge in [-0.25, -0.2) is 0 Å². The van der Waals surface area contributed by atoms with Crippen LogP contribution in [0.5, 0.6) is 0 Å². The smallest absolute Gasteiger partial charge is 0.0741 e. The average Bonchev–Trinajstić information content (AvgIpc) is 2.14. The Morgan fingerprint density at radius 2 is 2.20 bits per heavy atom. The highest BCUT2D eigenvalue weighted by molar-refractivity contribution is 5.17. The first-order chi connectivity index (χ1) is 6.91. The zero-order valence-electron chi connectivity index (χ0n) is 9.91. The third-order valence-corrected chi connectivity index (χ3v) is 2.75. The van der Waals surface area contributed by atoms with Gasteiger partial charge in [-0.3, -0.25) is 4.98 Å². The zero-order chi connectivity index (χ0) is 11.5. The Morgan fingerprint density at radius 1 is 1.53 bits per heavy atom. The minimum absolute atomic E-state index is 0.0407. The van der Waals surface area contributed by atoms with Gasteiger partial charge >= 0.3 is 0 Å². The van der Waals surface area contributed by atoms with Crippen molar-refractivity contribution in [2.24, 2.45) is 0 Å². The second kappa shape index (κ2) is 4.73. The molecule has 0 aromatic carbocycles. The van der Waals surface area contributed by atoms with Gasteiger partial charge in [0.05, 0.1) is 11.3 Å². The van der Waals surface area contributed by atoms with Crippen LogP contribution in [-0.2, 0) is 6.54 Å². The molecule has 0 aliphatic heterocycles. The van der Waals surface area contributed by atoms with Crippen molar-refractivity contribution >= 4 is 0 Å². The molecule has 0 aliphatic rings. The van der Waals surface area contributed by atoms with Crippen molar-refractivity contribution in [2.45, 2.75) is 45.9 Å². The topological polar surface area (TPSA) is 45.2 Å². The summed E-state index contributed by atoms with van der Waals surface area (Å²) < 4.78 is 0. The number of nitrogens with one attached hydrogen (secondary N) is 1. The van der Waals surface area contributed by atoms with Gasteiger partial charge in [-0.15, -0.1) is 0 Å². The van der Waals surface area contributed by atoms with E-state index < -0.39 is 5.60 Å². The van der Waals surface area contributed by atoms with Crippen LogP contribution in [-0.4, -0.2) is 21.7 Å². The van der Waals surface area contributed by atoms with E-state index in [4.69, 9.17) is 0 Å². The molecule has 0 aliphatic carbocycles. The van der Waals surface area contributed by atoms with Crippen LogP contribution in [0.25, 0.3) is 0 Å². The molecule has 1 rings (SSSR count). The summed E-state index contributed by atoms with van der Waals surface area (Å²) in [4.78, 5) is 4.29. The Hall–Kier alpha value is -0.930. The van der Waals surface area contributed by atoms with E-state index in [9.17, 15) is 5.11 Å². The third-order valence-electron chi connectivity index (χ3n) is 2.75. The van der Waals surface area contributed by atoms with Gasteiger partial charge < -0.3 is 10.4 Å². The second-order valence-electron chi connectivity index (χ2n) is 4.52. The van der Waals surface area contributed by atoms with Crippen LogP contribution in [0.3, 0.4) is 0 Å². The summed E-state index contributed by atoms with van der Waals surface area (Å²) in [6, 6.07) is 4.01. The summed E-state index contributed by atoms with van der Waals surface area (Å²) in [5, 5.41) is 13.0. The van der Waals surface area contributed by atoms with Crippen LogP contribution in [0, 0.1) is 6.92 Å². The molecule has 2 N–H and O–H groups in total. The normalized spacial score (nSPS) is 13.9. The molecule has 84 valence electrons. The van der Waals surface area contributed by atoms with Gasteiger partial charge in [0.1, 0.15) is 0 Å². The van der Waals surface area contributed by atoms with E-state index in [-0.39, 0.29) is 6.04 Å². The number of pyridine rings is 1. The molecule has 0 saturated heterocycles. The molecule has 0 radical (unpaired) electrons. The molecule has 0 fully saturated rings. The summed E-state index contributed by atoms with van der Waals surface area (Å²) in [6.45, 7) is 8.31. The number of nitrogens with zero attached hydrogens (tertiary/aromatic N) is 1. The number of aryl methyl sites for hydroxylation is 1. The van der Waals surface area contributed by atoms with Crippen LogP contribution in [0.1, 0.15) is 32.0 Å². The van der Waals surface area contributed by atoms with Crippen LogP contribution in [0.15, 0.2) is 18.3 Å². The molecule has 1 aromatic rings. The molecular weight excluding hydrogens is 188 g/mol. The predicted octanol–water partition coefficient (Wildman–Crippen LogP) is 1.64. The van der Waals surface area contributed by atoms with Crippen molar-refractivity contribution in [2.75, 3.05) is 0 Å². The van der Waals surface area contributed by atoms with Gasteiger partial charge in [0.25, 0.3) is 0 Å². The van der Waals surface area contributed by atoms with E-state index in [1.165, 1.54) is 5.56 Å². The maximum Gasteiger partial charge on any atom is 0.0741 e. The molecule has 1 aromatic heterocycles.